The molecule has 1 saturated heterocycles. The largest absolute Gasteiger partial charge is 0.298 e. The molecule has 2 nitrogen and oxygen atoms in total. The number of likely N-dealkylation sites (tertiary alicyclic amines) is 1. The lowest BCUT2D eigenvalue weighted by molar-refractivity contribution is 0.103. The maximum atomic E-state index is 12.4. The zero-order valence-electron chi connectivity index (χ0n) is 7.47. The third-order valence-corrected chi connectivity index (χ3v) is 2.52. The van der Waals surface area contributed by atoms with Gasteiger partial charge in [-0.2, -0.15) is 0 Å². The molecule has 0 aromatic rings. The highest BCUT2D eigenvalue weighted by Crippen LogP contribution is 2.17. The molecular formula is C9H17FNO. The Morgan fingerprint density at radius 3 is 2.92 bits per heavy atom. The maximum Gasteiger partial charge on any atom is 0.105 e. The molecule has 3 heteroatoms. The van der Waals surface area contributed by atoms with Crippen molar-refractivity contribution < 1.29 is 9.50 Å². The zero-order chi connectivity index (χ0) is 8.81. The molecule has 0 aromatic heterocycles. The van der Waals surface area contributed by atoms with Crippen LogP contribution in [0.5, 0.6) is 0 Å². The second-order valence-electron chi connectivity index (χ2n) is 3.40. The van der Waals surface area contributed by atoms with Gasteiger partial charge in [0, 0.05) is 12.6 Å². The Morgan fingerprint density at radius 2 is 2.25 bits per heavy atom. The lowest BCUT2D eigenvalue weighted by Crippen LogP contribution is -2.41. The molecule has 1 atom stereocenters. The van der Waals surface area contributed by atoms with E-state index in [0.717, 1.165) is 32.4 Å². The van der Waals surface area contributed by atoms with Crippen LogP contribution in [0.15, 0.2) is 0 Å². The minimum atomic E-state index is -0.251. The van der Waals surface area contributed by atoms with E-state index in [9.17, 15) is 9.50 Å². The fraction of sp³-hybridized carbons (Fsp3) is 1.00. The molecule has 1 aliphatic rings. The Balaban J connectivity index is 2.26. The minimum absolute atomic E-state index is 0.0322. The van der Waals surface area contributed by atoms with Gasteiger partial charge in [0.25, 0.3) is 0 Å². The smallest absolute Gasteiger partial charge is 0.105 e. The fourth-order valence-corrected chi connectivity index (χ4v) is 1.80. The lowest BCUT2D eigenvalue weighted by atomic mass is 10.0. The van der Waals surface area contributed by atoms with Crippen molar-refractivity contribution in [3.63, 3.8) is 0 Å². The van der Waals surface area contributed by atoms with Gasteiger partial charge in [-0.3, -0.25) is 4.90 Å². The second kappa shape index (κ2) is 5.49. The van der Waals surface area contributed by atoms with Crippen LogP contribution in [0.3, 0.4) is 0 Å². The molecule has 0 spiro atoms. The summed E-state index contributed by atoms with van der Waals surface area (Å²) in [4.78, 5) is 2.13. The average Bonchev–Trinajstić information content (AvgIpc) is 2.15. The third-order valence-electron chi connectivity index (χ3n) is 2.52. The van der Waals surface area contributed by atoms with Gasteiger partial charge in [0.2, 0.25) is 0 Å². The monoisotopic (exact) mass is 174 g/mol. The zero-order valence-corrected chi connectivity index (χ0v) is 7.47. The fourth-order valence-electron chi connectivity index (χ4n) is 1.80. The van der Waals surface area contributed by atoms with E-state index < -0.39 is 0 Å². The van der Waals surface area contributed by atoms with Gasteiger partial charge < -0.3 is 0 Å². The summed E-state index contributed by atoms with van der Waals surface area (Å²) >= 11 is 0. The van der Waals surface area contributed by atoms with E-state index in [0.29, 0.717) is 6.42 Å². The van der Waals surface area contributed by atoms with Crippen LogP contribution in [0.2, 0.25) is 0 Å². The summed E-state index contributed by atoms with van der Waals surface area (Å²) in [6, 6.07) is 0.102. The first kappa shape index (κ1) is 9.93. The van der Waals surface area contributed by atoms with E-state index >= 15 is 0 Å². The molecule has 0 saturated carbocycles. The predicted octanol–water partition coefficient (Wildman–Crippen LogP) is 1.63. The molecular weight excluding hydrogens is 157 g/mol. The Hall–Kier alpha value is -0.150. The summed E-state index contributed by atoms with van der Waals surface area (Å²) in [6.45, 7) is 1.49. The van der Waals surface area contributed by atoms with Gasteiger partial charge >= 0.3 is 0 Å². The van der Waals surface area contributed by atoms with Crippen molar-refractivity contribution in [1.29, 1.82) is 0 Å². The number of alkyl halides is 1. The summed E-state index contributed by atoms with van der Waals surface area (Å²) in [7, 11) is 0. The molecule has 1 heterocycles. The van der Waals surface area contributed by atoms with Crippen LogP contribution in [-0.2, 0) is 5.11 Å². The predicted molar refractivity (Wildman–Crippen MR) is 45.4 cm³/mol. The van der Waals surface area contributed by atoms with Crippen molar-refractivity contribution in [1.82, 2.24) is 4.90 Å². The highest BCUT2D eigenvalue weighted by molar-refractivity contribution is 4.75. The number of hydrogen-bond acceptors (Lipinski definition) is 1. The Kier molecular flexibility index (Phi) is 4.54. The van der Waals surface area contributed by atoms with Crippen molar-refractivity contribution in [2.45, 2.75) is 31.7 Å². The van der Waals surface area contributed by atoms with E-state index in [4.69, 9.17) is 0 Å². The Bertz CT molecular complexity index is 121. The van der Waals surface area contributed by atoms with Crippen LogP contribution in [-0.4, -0.2) is 37.3 Å². The summed E-state index contributed by atoms with van der Waals surface area (Å²) in [5, 5.41) is 10.2. The average molecular weight is 174 g/mol. The molecule has 0 bridgehead atoms. The Morgan fingerprint density at radius 1 is 1.42 bits per heavy atom. The van der Waals surface area contributed by atoms with E-state index in [1.165, 1.54) is 0 Å². The SMILES string of the molecule is [O]CCCN1CCCCC1CF. The van der Waals surface area contributed by atoms with Gasteiger partial charge in [0.15, 0.2) is 0 Å². The first-order chi connectivity index (χ1) is 5.88. The van der Waals surface area contributed by atoms with Gasteiger partial charge in [0.1, 0.15) is 6.67 Å². The number of nitrogens with zero attached hydrogens (tertiary/aromatic N) is 1. The van der Waals surface area contributed by atoms with Crippen molar-refractivity contribution >= 4 is 0 Å². The molecule has 1 fully saturated rings. The molecule has 1 aliphatic heterocycles. The van der Waals surface area contributed by atoms with E-state index in [-0.39, 0.29) is 19.3 Å². The van der Waals surface area contributed by atoms with E-state index in [1.807, 2.05) is 0 Å². The van der Waals surface area contributed by atoms with Crippen LogP contribution in [0.25, 0.3) is 0 Å². The molecule has 1 unspecified atom stereocenters. The van der Waals surface area contributed by atoms with Crippen LogP contribution < -0.4 is 0 Å². The molecule has 0 aliphatic carbocycles. The minimum Gasteiger partial charge on any atom is -0.298 e. The number of piperidine rings is 1. The molecule has 1 radical (unpaired) electrons. The van der Waals surface area contributed by atoms with Crippen LogP contribution in [0.1, 0.15) is 25.7 Å². The van der Waals surface area contributed by atoms with Gasteiger partial charge in [0.05, 0.1) is 6.61 Å². The number of halogens is 1. The normalized spacial score (nSPS) is 26.0. The van der Waals surface area contributed by atoms with Gasteiger partial charge in [-0.1, -0.05) is 6.42 Å². The molecule has 12 heavy (non-hydrogen) atoms. The van der Waals surface area contributed by atoms with Gasteiger partial charge in [-0.15, -0.1) is 0 Å². The van der Waals surface area contributed by atoms with E-state index in [1.54, 1.807) is 0 Å². The first-order valence-electron chi connectivity index (χ1n) is 4.76. The number of rotatable bonds is 4. The van der Waals surface area contributed by atoms with Gasteiger partial charge in [-0.05, 0) is 25.8 Å². The third kappa shape index (κ3) is 2.72. The molecule has 1 rings (SSSR count). The van der Waals surface area contributed by atoms with Crippen molar-refractivity contribution in [3.8, 4) is 0 Å². The van der Waals surface area contributed by atoms with E-state index in [2.05, 4.69) is 4.90 Å². The number of hydrogen-bond donors (Lipinski definition) is 0. The maximum absolute atomic E-state index is 12.4. The standard InChI is InChI=1S/C9H17FNO/c10-8-9-4-1-2-5-11(9)6-3-7-12/h9H,1-8H2. The molecule has 0 N–H and O–H groups in total. The lowest BCUT2D eigenvalue weighted by Gasteiger charge is -2.33. The summed E-state index contributed by atoms with van der Waals surface area (Å²) in [5.41, 5.74) is 0. The summed E-state index contributed by atoms with van der Waals surface area (Å²) < 4.78 is 12.4. The summed E-state index contributed by atoms with van der Waals surface area (Å²) in [6.07, 6.45) is 3.93. The molecule has 0 aromatic carbocycles. The quantitative estimate of drug-likeness (QED) is 0.635. The summed E-state index contributed by atoms with van der Waals surface area (Å²) in [5.74, 6) is 0. The van der Waals surface area contributed by atoms with Crippen molar-refractivity contribution in [3.05, 3.63) is 0 Å². The van der Waals surface area contributed by atoms with Crippen molar-refractivity contribution in [2.24, 2.45) is 0 Å². The van der Waals surface area contributed by atoms with Crippen LogP contribution >= 0.6 is 0 Å². The highest BCUT2D eigenvalue weighted by Gasteiger charge is 2.21. The molecule has 0 amide bonds. The highest BCUT2D eigenvalue weighted by atomic mass is 19.1. The van der Waals surface area contributed by atoms with Crippen LogP contribution in [0.4, 0.5) is 4.39 Å². The topological polar surface area (TPSA) is 23.1 Å². The Labute approximate surface area is 73.4 Å². The van der Waals surface area contributed by atoms with Crippen molar-refractivity contribution in [2.75, 3.05) is 26.4 Å². The van der Waals surface area contributed by atoms with Gasteiger partial charge in [-0.25, -0.2) is 9.50 Å². The first-order valence-corrected chi connectivity index (χ1v) is 4.76. The van der Waals surface area contributed by atoms with Crippen LogP contribution in [0, 0.1) is 0 Å². The molecule has 71 valence electrons. The second-order valence-corrected chi connectivity index (χ2v) is 3.40.